The van der Waals surface area contributed by atoms with Crippen LogP contribution in [-0.2, 0) is 16.6 Å². The maximum atomic E-state index is 13.0. The maximum absolute atomic E-state index is 13.0. The first kappa shape index (κ1) is 22.3. The van der Waals surface area contributed by atoms with Crippen LogP contribution in [0.5, 0.6) is 0 Å². The minimum Gasteiger partial charge on any atom is -0.341 e. The third-order valence-corrected chi connectivity index (χ3v) is 7.80. The molecule has 2 heterocycles. The lowest BCUT2D eigenvalue weighted by Gasteiger charge is -2.26. The third-order valence-electron chi connectivity index (χ3n) is 6.40. The predicted octanol–water partition coefficient (Wildman–Crippen LogP) is 5.63. The van der Waals surface area contributed by atoms with Crippen LogP contribution >= 0.6 is 0 Å². The van der Waals surface area contributed by atoms with E-state index in [1.807, 2.05) is 24.3 Å². The number of likely N-dealkylation sites (tertiary alicyclic amines) is 1. The molecule has 0 atom stereocenters. The van der Waals surface area contributed by atoms with E-state index in [4.69, 9.17) is 0 Å². The van der Waals surface area contributed by atoms with Crippen molar-refractivity contribution in [3.05, 3.63) is 66.7 Å². The van der Waals surface area contributed by atoms with Gasteiger partial charge in [-0.25, -0.2) is 13.2 Å². The number of carbonyl (C=O) groups is 1. The highest BCUT2D eigenvalue weighted by Gasteiger charge is 2.18. The van der Waals surface area contributed by atoms with Gasteiger partial charge in [0.25, 0.3) is 10.0 Å². The summed E-state index contributed by atoms with van der Waals surface area (Å²) < 4.78 is 31.0. The van der Waals surface area contributed by atoms with Gasteiger partial charge < -0.3 is 14.8 Å². The van der Waals surface area contributed by atoms with Crippen LogP contribution in [0.25, 0.3) is 21.8 Å². The van der Waals surface area contributed by atoms with Gasteiger partial charge in [0.15, 0.2) is 0 Å². The topological polar surface area (TPSA) is 83.4 Å². The van der Waals surface area contributed by atoms with Crippen LogP contribution in [0.1, 0.15) is 26.2 Å². The number of fused-ring (bicyclic) bond motifs is 3. The van der Waals surface area contributed by atoms with Gasteiger partial charge in [0.05, 0.1) is 4.90 Å². The molecule has 3 aromatic carbocycles. The number of urea groups is 1. The first-order chi connectivity index (χ1) is 16.5. The molecule has 2 N–H and O–H groups in total. The Balaban J connectivity index is 1.36. The summed E-state index contributed by atoms with van der Waals surface area (Å²) in [5, 5.41) is 4.95. The molecule has 0 aliphatic carbocycles. The van der Waals surface area contributed by atoms with E-state index < -0.39 is 10.0 Å². The van der Waals surface area contributed by atoms with Crippen molar-refractivity contribution in [2.45, 2.75) is 37.6 Å². The number of para-hydroxylation sites is 1. The molecular formula is C26H28N4O3S. The lowest BCUT2D eigenvalue weighted by atomic mass is 10.1. The second-order valence-corrected chi connectivity index (χ2v) is 10.3. The molecule has 0 unspecified atom stereocenters. The van der Waals surface area contributed by atoms with E-state index in [1.165, 1.54) is 12.1 Å². The Morgan fingerprint density at radius 1 is 0.853 bits per heavy atom. The lowest BCUT2D eigenvalue weighted by Crippen LogP contribution is -2.38. The summed E-state index contributed by atoms with van der Waals surface area (Å²) in [7, 11) is -3.78. The number of sulfonamides is 1. The molecule has 4 aromatic rings. The van der Waals surface area contributed by atoms with Crippen molar-refractivity contribution in [2.75, 3.05) is 23.1 Å². The van der Waals surface area contributed by atoms with Crippen LogP contribution in [0.3, 0.4) is 0 Å². The molecule has 7 nitrogen and oxygen atoms in total. The van der Waals surface area contributed by atoms with Gasteiger partial charge in [0.2, 0.25) is 0 Å². The van der Waals surface area contributed by atoms with Crippen molar-refractivity contribution < 1.29 is 13.2 Å². The van der Waals surface area contributed by atoms with Gasteiger partial charge in [-0.15, -0.1) is 0 Å². The SMILES string of the molecule is CCn1c2ccccc2c2cc(NS(=O)(=O)c3ccc(NC(=O)N4CCCCC4)cc3)ccc21. The quantitative estimate of drug-likeness (QED) is 0.391. The zero-order valence-electron chi connectivity index (χ0n) is 19.1. The van der Waals surface area contributed by atoms with E-state index in [2.05, 4.69) is 33.7 Å². The largest absolute Gasteiger partial charge is 0.341 e. The van der Waals surface area contributed by atoms with Gasteiger partial charge in [-0.2, -0.15) is 0 Å². The molecule has 1 aliphatic rings. The van der Waals surface area contributed by atoms with Crippen LogP contribution < -0.4 is 10.0 Å². The zero-order chi connectivity index (χ0) is 23.7. The molecule has 176 valence electrons. The van der Waals surface area contributed by atoms with Crippen molar-refractivity contribution in [3.8, 4) is 0 Å². The van der Waals surface area contributed by atoms with Gasteiger partial charge in [0, 0.05) is 52.8 Å². The van der Waals surface area contributed by atoms with Gasteiger partial charge in [-0.1, -0.05) is 18.2 Å². The van der Waals surface area contributed by atoms with Crippen LogP contribution in [0.15, 0.2) is 71.6 Å². The molecule has 1 saturated heterocycles. The van der Waals surface area contributed by atoms with E-state index in [1.54, 1.807) is 23.1 Å². The summed E-state index contributed by atoms with van der Waals surface area (Å²) >= 11 is 0. The number of carbonyl (C=O) groups excluding carboxylic acids is 1. The molecule has 0 saturated carbocycles. The smallest absolute Gasteiger partial charge is 0.321 e. The van der Waals surface area contributed by atoms with Gasteiger partial charge >= 0.3 is 6.03 Å². The van der Waals surface area contributed by atoms with E-state index in [9.17, 15) is 13.2 Å². The summed E-state index contributed by atoms with van der Waals surface area (Å²) in [6.45, 7) is 4.43. The Kier molecular flexibility index (Phi) is 5.91. The van der Waals surface area contributed by atoms with Crippen molar-refractivity contribution >= 4 is 49.2 Å². The first-order valence-corrected chi connectivity index (χ1v) is 13.1. The third kappa shape index (κ3) is 4.21. The Labute approximate surface area is 199 Å². The molecule has 5 rings (SSSR count). The van der Waals surface area contributed by atoms with Crippen LogP contribution in [0.4, 0.5) is 16.2 Å². The Morgan fingerprint density at radius 2 is 1.53 bits per heavy atom. The summed E-state index contributed by atoms with van der Waals surface area (Å²) in [6, 6.07) is 19.9. The first-order valence-electron chi connectivity index (χ1n) is 11.7. The monoisotopic (exact) mass is 476 g/mol. The summed E-state index contributed by atoms with van der Waals surface area (Å²) in [5.41, 5.74) is 3.28. The molecule has 8 heteroatoms. The predicted molar refractivity (Wildman–Crippen MR) is 137 cm³/mol. The zero-order valence-corrected chi connectivity index (χ0v) is 19.9. The molecule has 0 bridgehead atoms. The van der Waals surface area contributed by atoms with Gasteiger partial charge in [0.1, 0.15) is 0 Å². The Hall–Kier alpha value is -3.52. The van der Waals surface area contributed by atoms with Gasteiger partial charge in [-0.3, -0.25) is 4.72 Å². The second kappa shape index (κ2) is 9.02. The molecule has 1 aromatic heterocycles. The van der Waals surface area contributed by atoms with Crippen LogP contribution in [0.2, 0.25) is 0 Å². The number of amides is 2. The standard InChI is InChI=1S/C26H28N4O3S/c1-2-30-24-9-5-4-8-22(24)23-18-20(12-15-25(23)30)28-34(32,33)21-13-10-19(11-14-21)27-26(31)29-16-6-3-7-17-29/h4-5,8-15,18,28H,2-3,6-7,16-17H2,1H3,(H,27,31). The van der Waals surface area contributed by atoms with E-state index in [-0.39, 0.29) is 10.9 Å². The number of hydrogen-bond donors (Lipinski definition) is 2. The summed E-state index contributed by atoms with van der Waals surface area (Å²) in [4.78, 5) is 14.3. The fraction of sp³-hybridized carbons (Fsp3) is 0.269. The highest BCUT2D eigenvalue weighted by atomic mass is 32.2. The van der Waals surface area contributed by atoms with E-state index in [0.29, 0.717) is 11.4 Å². The number of benzene rings is 3. The van der Waals surface area contributed by atoms with Crippen molar-refractivity contribution in [2.24, 2.45) is 0 Å². The number of anilines is 2. The van der Waals surface area contributed by atoms with E-state index >= 15 is 0 Å². The maximum Gasteiger partial charge on any atom is 0.321 e. The van der Waals surface area contributed by atoms with Gasteiger partial charge in [-0.05, 0) is 74.7 Å². The number of rotatable bonds is 5. The molecule has 1 fully saturated rings. The second-order valence-electron chi connectivity index (χ2n) is 8.60. The highest BCUT2D eigenvalue weighted by molar-refractivity contribution is 7.92. The lowest BCUT2D eigenvalue weighted by molar-refractivity contribution is 0.200. The Bertz CT molecular complexity index is 1450. The molecule has 1 aliphatic heterocycles. The number of aryl methyl sites for hydroxylation is 1. The molecule has 2 amide bonds. The molecule has 0 radical (unpaired) electrons. The number of piperidine rings is 1. The fourth-order valence-electron chi connectivity index (χ4n) is 4.69. The molecule has 34 heavy (non-hydrogen) atoms. The number of nitrogens with one attached hydrogen (secondary N) is 2. The molecule has 0 spiro atoms. The minimum absolute atomic E-state index is 0.138. The number of aromatic nitrogens is 1. The van der Waals surface area contributed by atoms with E-state index in [0.717, 1.165) is 60.7 Å². The normalized spacial score (nSPS) is 14.4. The van der Waals surface area contributed by atoms with Crippen molar-refractivity contribution in [1.29, 1.82) is 0 Å². The van der Waals surface area contributed by atoms with Crippen molar-refractivity contribution in [1.82, 2.24) is 9.47 Å². The Morgan fingerprint density at radius 3 is 2.26 bits per heavy atom. The van der Waals surface area contributed by atoms with Crippen LogP contribution in [0, 0.1) is 0 Å². The van der Waals surface area contributed by atoms with Crippen molar-refractivity contribution in [3.63, 3.8) is 0 Å². The number of hydrogen-bond acceptors (Lipinski definition) is 3. The number of nitrogens with zero attached hydrogens (tertiary/aromatic N) is 2. The average Bonchev–Trinajstić information content (AvgIpc) is 3.17. The summed E-state index contributed by atoms with van der Waals surface area (Å²) in [5.74, 6) is 0. The summed E-state index contributed by atoms with van der Waals surface area (Å²) in [6.07, 6.45) is 3.18. The minimum atomic E-state index is -3.78. The fourth-order valence-corrected chi connectivity index (χ4v) is 5.74. The average molecular weight is 477 g/mol. The highest BCUT2D eigenvalue weighted by Crippen LogP contribution is 2.31. The van der Waals surface area contributed by atoms with Crippen LogP contribution in [-0.4, -0.2) is 37.0 Å². The molecular weight excluding hydrogens is 448 g/mol.